The second-order valence-corrected chi connectivity index (χ2v) is 11.1. The van der Waals surface area contributed by atoms with Gasteiger partial charge < -0.3 is 4.90 Å². The van der Waals surface area contributed by atoms with Crippen molar-refractivity contribution in [3.8, 4) is 0 Å². The number of hydrogen-bond donors (Lipinski definition) is 0. The molecule has 0 bridgehead atoms. The summed E-state index contributed by atoms with van der Waals surface area (Å²) in [5.41, 5.74) is 7.44. The van der Waals surface area contributed by atoms with Gasteiger partial charge in [0.25, 0.3) is 0 Å². The summed E-state index contributed by atoms with van der Waals surface area (Å²) in [7, 11) is 0. The van der Waals surface area contributed by atoms with Crippen molar-refractivity contribution in [2.75, 3.05) is 32.1 Å². The molecule has 0 atom stereocenters. The zero-order valence-electron chi connectivity index (χ0n) is 19.1. The second kappa shape index (κ2) is 10.9. The summed E-state index contributed by atoms with van der Waals surface area (Å²) >= 11 is 14.8. The molecular formula is C29H28Cl2FNS. The molecule has 0 N–H and O–H groups in total. The van der Waals surface area contributed by atoms with Crippen LogP contribution in [0.2, 0.25) is 10.0 Å². The molecule has 0 aliphatic carbocycles. The number of nitrogens with zero attached hydrogens (tertiary/aromatic N) is 1. The third-order valence-corrected chi connectivity index (χ3v) is 8.35. The predicted molar refractivity (Wildman–Crippen MR) is 145 cm³/mol. The number of halogens is 3. The van der Waals surface area contributed by atoms with Gasteiger partial charge in [-0.1, -0.05) is 71.7 Å². The van der Waals surface area contributed by atoms with Crippen LogP contribution in [0.15, 0.2) is 71.6 Å². The summed E-state index contributed by atoms with van der Waals surface area (Å²) in [5.74, 6) is 1.68. The summed E-state index contributed by atoms with van der Waals surface area (Å²) in [6.07, 6.45) is 2.67. The third kappa shape index (κ3) is 5.23. The van der Waals surface area contributed by atoms with E-state index >= 15 is 0 Å². The molecule has 1 fully saturated rings. The molecular weight excluding hydrogens is 484 g/mol. The Bertz CT molecular complexity index is 1180. The standard InChI is InChI=1S/C29H28Cl2FNS/c30-23-10-11-24(27(31)17-23)25-12-15-34-28-5-2-1-4-26(28)29(25)22-8-6-20(7-9-22)16-21-18-33(19-21)14-3-13-32/h1-2,4-11,17,21H,3,12-16,18-19H2. The Morgan fingerprint density at radius 3 is 2.50 bits per heavy atom. The lowest BCUT2D eigenvalue weighted by Gasteiger charge is -2.39. The van der Waals surface area contributed by atoms with Crippen molar-refractivity contribution in [2.24, 2.45) is 5.92 Å². The molecule has 0 saturated carbocycles. The van der Waals surface area contributed by atoms with Crippen LogP contribution in [-0.2, 0) is 6.42 Å². The molecule has 2 aliphatic heterocycles. The van der Waals surface area contributed by atoms with E-state index < -0.39 is 0 Å². The molecule has 5 rings (SSSR count). The molecule has 0 radical (unpaired) electrons. The van der Waals surface area contributed by atoms with Gasteiger partial charge in [-0.3, -0.25) is 4.39 Å². The number of benzene rings is 3. The molecule has 2 heterocycles. The molecule has 0 amide bonds. The van der Waals surface area contributed by atoms with Crippen LogP contribution < -0.4 is 0 Å². The van der Waals surface area contributed by atoms with Crippen LogP contribution in [-0.4, -0.2) is 37.0 Å². The van der Waals surface area contributed by atoms with E-state index in [1.54, 1.807) is 0 Å². The first kappa shape index (κ1) is 23.9. The molecule has 1 nitrogen and oxygen atoms in total. The quantitative estimate of drug-likeness (QED) is 0.313. The van der Waals surface area contributed by atoms with E-state index in [9.17, 15) is 4.39 Å². The average molecular weight is 513 g/mol. The minimum absolute atomic E-state index is 0.219. The fourth-order valence-corrected chi connectivity index (χ4v) is 6.64. The first-order valence-corrected chi connectivity index (χ1v) is 13.6. The van der Waals surface area contributed by atoms with Crippen LogP contribution in [0, 0.1) is 5.92 Å². The van der Waals surface area contributed by atoms with Gasteiger partial charge in [-0.2, -0.15) is 0 Å². The molecule has 1 saturated heterocycles. The summed E-state index contributed by atoms with van der Waals surface area (Å²) in [6, 6.07) is 23.6. The van der Waals surface area contributed by atoms with Gasteiger partial charge in [-0.25, -0.2) is 0 Å². The van der Waals surface area contributed by atoms with E-state index in [2.05, 4.69) is 59.5 Å². The SMILES string of the molecule is FCCCN1CC(Cc2ccc(C3=C(c4ccc(Cl)cc4Cl)CCSc4ccccc43)cc2)C1. The van der Waals surface area contributed by atoms with Crippen LogP contribution in [0.25, 0.3) is 11.1 Å². The number of likely N-dealkylation sites (tertiary alicyclic amines) is 1. The summed E-state index contributed by atoms with van der Waals surface area (Å²) in [6.45, 7) is 2.82. The zero-order chi connectivity index (χ0) is 23.5. The van der Waals surface area contributed by atoms with E-state index in [0.717, 1.165) is 43.8 Å². The first-order valence-electron chi connectivity index (χ1n) is 11.9. The summed E-state index contributed by atoms with van der Waals surface area (Å²) in [4.78, 5) is 3.66. The van der Waals surface area contributed by atoms with Gasteiger partial charge in [0.15, 0.2) is 0 Å². The minimum Gasteiger partial charge on any atom is -0.303 e. The largest absolute Gasteiger partial charge is 0.303 e. The van der Waals surface area contributed by atoms with E-state index in [1.807, 2.05) is 23.9 Å². The van der Waals surface area contributed by atoms with Crippen LogP contribution >= 0.6 is 35.0 Å². The lowest BCUT2D eigenvalue weighted by molar-refractivity contribution is 0.0968. The van der Waals surface area contributed by atoms with Gasteiger partial charge in [0.2, 0.25) is 0 Å². The molecule has 176 valence electrons. The molecule has 5 heteroatoms. The molecule has 0 aromatic heterocycles. The fourth-order valence-electron chi connectivity index (χ4n) is 5.10. The Kier molecular flexibility index (Phi) is 7.65. The lowest BCUT2D eigenvalue weighted by Crippen LogP contribution is -2.47. The molecule has 3 aromatic carbocycles. The van der Waals surface area contributed by atoms with Crippen molar-refractivity contribution in [2.45, 2.75) is 24.2 Å². The number of rotatable bonds is 7. The number of thioether (sulfide) groups is 1. The highest BCUT2D eigenvalue weighted by molar-refractivity contribution is 7.99. The van der Waals surface area contributed by atoms with Crippen LogP contribution in [0.3, 0.4) is 0 Å². The molecule has 0 unspecified atom stereocenters. The normalized spacial score (nSPS) is 16.8. The lowest BCUT2D eigenvalue weighted by atomic mass is 9.86. The second-order valence-electron chi connectivity index (χ2n) is 9.14. The van der Waals surface area contributed by atoms with Crippen molar-refractivity contribution < 1.29 is 4.39 Å². The highest BCUT2D eigenvalue weighted by Gasteiger charge is 2.26. The Balaban J connectivity index is 1.47. The van der Waals surface area contributed by atoms with Crippen LogP contribution in [0.4, 0.5) is 4.39 Å². The number of fused-ring (bicyclic) bond motifs is 1. The maximum Gasteiger partial charge on any atom is 0.0906 e. The van der Waals surface area contributed by atoms with Gasteiger partial charge >= 0.3 is 0 Å². The maximum absolute atomic E-state index is 12.4. The number of hydrogen-bond acceptors (Lipinski definition) is 2. The van der Waals surface area contributed by atoms with Crippen molar-refractivity contribution in [1.29, 1.82) is 0 Å². The Morgan fingerprint density at radius 1 is 0.941 bits per heavy atom. The molecule has 2 aliphatic rings. The fraction of sp³-hybridized carbons (Fsp3) is 0.310. The summed E-state index contributed by atoms with van der Waals surface area (Å²) in [5, 5.41) is 1.35. The molecule has 34 heavy (non-hydrogen) atoms. The van der Waals surface area contributed by atoms with Crippen molar-refractivity contribution in [3.05, 3.63) is 99.0 Å². The van der Waals surface area contributed by atoms with Gasteiger partial charge in [0.05, 0.1) is 6.67 Å². The van der Waals surface area contributed by atoms with E-state index in [0.29, 0.717) is 22.4 Å². The third-order valence-electron chi connectivity index (χ3n) is 6.73. The zero-order valence-corrected chi connectivity index (χ0v) is 21.4. The topological polar surface area (TPSA) is 3.24 Å². The average Bonchev–Trinajstić information content (AvgIpc) is 3.00. The summed E-state index contributed by atoms with van der Waals surface area (Å²) < 4.78 is 12.4. The maximum atomic E-state index is 12.4. The van der Waals surface area contributed by atoms with Crippen molar-refractivity contribution in [3.63, 3.8) is 0 Å². The Morgan fingerprint density at radius 2 is 1.74 bits per heavy atom. The first-order chi connectivity index (χ1) is 16.6. The molecule has 0 spiro atoms. The smallest absolute Gasteiger partial charge is 0.0906 e. The van der Waals surface area contributed by atoms with E-state index in [1.165, 1.54) is 32.7 Å². The van der Waals surface area contributed by atoms with Crippen molar-refractivity contribution >= 4 is 46.1 Å². The highest BCUT2D eigenvalue weighted by Crippen LogP contribution is 2.44. The Hall–Kier alpha value is -1.78. The highest BCUT2D eigenvalue weighted by atomic mass is 35.5. The monoisotopic (exact) mass is 511 g/mol. The predicted octanol–water partition coefficient (Wildman–Crippen LogP) is 8.28. The van der Waals surface area contributed by atoms with Crippen LogP contribution in [0.1, 0.15) is 35.1 Å². The van der Waals surface area contributed by atoms with E-state index in [-0.39, 0.29) is 6.67 Å². The van der Waals surface area contributed by atoms with Gasteiger partial charge in [-0.05, 0) is 76.8 Å². The molecule has 3 aromatic rings. The van der Waals surface area contributed by atoms with E-state index in [4.69, 9.17) is 23.2 Å². The van der Waals surface area contributed by atoms with Crippen LogP contribution in [0.5, 0.6) is 0 Å². The number of allylic oxidation sites excluding steroid dienone is 1. The van der Waals surface area contributed by atoms with Gasteiger partial charge in [-0.15, -0.1) is 11.8 Å². The van der Waals surface area contributed by atoms with Crippen molar-refractivity contribution in [1.82, 2.24) is 4.90 Å². The Labute approximate surface area is 216 Å². The number of alkyl halides is 1. The minimum atomic E-state index is -0.219. The van der Waals surface area contributed by atoms with Gasteiger partial charge in [0.1, 0.15) is 0 Å². The van der Waals surface area contributed by atoms with Gasteiger partial charge in [0, 0.05) is 40.3 Å².